The molecule has 0 spiro atoms. The SMILES string of the molecule is CCCCCCCCCCCCCCCNC(=O)CCN(CCC(=O)NCCCCCCCCCCCCCCC)CCC1CCCC1.CCCCCCCCCCCCCCCNC(=O)CCNCCC1CCCC1. The van der Waals surface area contributed by atoms with E-state index < -0.39 is 0 Å². The van der Waals surface area contributed by atoms with Crippen LogP contribution in [0.5, 0.6) is 0 Å². The third-order valence-corrected chi connectivity index (χ3v) is 17.2. The van der Waals surface area contributed by atoms with Crippen LogP contribution in [0, 0.1) is 11.8 Å². The molecule has 450 valence electrons. The van der Waals surface area contributed by atoms with E-state index >= 15 is 0 Å². The number of carbonyl (C=O) groups excluding carboxylic acids is 3. The average Bonchev–Trinajstić information content (AvgIpc) is 4.17. The third kappa shape index (κ3) is 53.0. The van der Waals surface area contributed by atoms with Crippen molar-refractivity contribution in [2.24, 2.45) is 11.8 Å². The molecular formula is C68H135N5O3. The fourth-order valence-corrected chi connectivity index (χ4v) is 11.8. The van der Waals surface area contributed by atoms with E-state index in [0.29, 0.717) is 19.3 Å². The predicted octanol–water partition coefficient (Wildman–Crippen LogP) is 18.8. The van der Waals surface area contributed by atoms with Crippen molar-refractivity contribution in [2.45, 2.75) is 355 Å². The molecule has 0 aliphatic heterocycles. The molecule has 76 heavy (non-hydrogen) atoms. The number of carbonyl (C=O) groups is 3. The lowest BCUT2D eigenvalue weighted by Crippen LogP contribution is -2.35. The van der Waals surface area contributed by atoms with Gasteiger partial charge in [-0.1, -0.05) is 303 Å². The highest BCUT2D eigenvalue weighted by atomic mass is 16.2. The lowest BCUT2D eigenvalue weighted by Gasteiger charge is -2.23. The molecule has 0 bridgehead atoms. The highest BCUT2D eigenvalue weighted by Gasteiger charge is 2.18. The van der Waals surface area contributed by atoms with Gasteiger partial charge in [0.05, 0.1) is 0 Å². The Morgan fingerprint density at radius 3 is 0.868 bits per heavy atom. The Balaban J connectivity index is 0.000000873. The van der Waals surface area contributed by atoms with Gasteiger partial charge in [-0.25, -0.2) is 0 Å². The van der Waals surface area contributed by atoms with E-state index in [4.69, 9.17) is 0 Å². The molecule has 0 aromatic heterocycles. The van der Waals surface area contributed by atoms with Crippen LogP contribution in [0.15, 0.2) is 0 Å². The second-order valence-corrected chi connectivity index (χ2v) is 24.5. The Morgan fingerprint density at radius 2 is 0.566 bits per heavy atom. The number of unbranched alkanes of at least 4 members (excludes halogenated alkanes) is 36. The maximum Gasteiger partial charge on any atom is 0.221 e. The molecule has 0 saturated heterocycles. The summed E-state index contributed by atoms with van der Waals surface area (Å²) in [6, 6.07) is 0. The molecule has 2 aliphatic carbocycles. The van der Waals surface area contributed by atoms with E-state index in [9.17, 15) is 14.4 Å². The van der Waals surface area contributed by atoms with Crippen molar-refractivity contribution in [3.05, 3.63) is 0 Å². The van der Waals surface area contributed by atoms with E-state index in [1.165, 1.54) is 295 Å². The first-order chi connectivity index (χ1) is 37.5. The molecular weight excluding hydrogens is 935 g/mol. The van der Waals surface area contributed by atoms with E-state index in [1.807, 2.05) is 0 Å². The number of rotatable bonds is 57. The fourth-order valence-electron chi connectivity index (χ4n) is 11.8. The minimum absolute atomic E-state index is 0.173. The first kappa shape index (κ1) is 72.3. The van der Waals surface area contributed by atoms with Gasteiger partial charge in [-0.2, -0.15) is 0 Å². The molecule has 0 aromatic rings. The van der Waals surface area contributed by atoms with E-state index in [0.717, 1.165) is 83.5 Å². The zero-order valence-electron chi connectivity index (χ0n) is 51.8. The first-order valence-electron chi connectivity index (χ1n) is 34.7. The van der Waals surface area contributed by atoms with Crippen molar-refractivity contribution < 1.29 is 14.4 Å². The summed E-state index contributed by atoms with van der Waals surface area (Å²) in [6.07, 6.45) is 68.3. The van der Waals surface area contributed by atoms with E-state index in [2.05, 4.69) is 46.9 Å². The number of nitrogens with one attached hydrogen (secondary N) is 4. The van der Waals surface area contributed by atoms with Crippen molar-refractivity contribution in [3.8, 4) is 0 Å². The standard InChI is InChI=1S/C43H85N3O2.C25H50N2O/c1-3-5-7-9-11-13-15-17-19-21-23-25-29-36-44-42(47)34-39-46(38-33-41-31-27-28-32-41)40-35-43(48)45-37-30-26-24-22-20-18-16-14-12-10-8-6-4-2;1-2-3-4-5-6-7-8-9-10-11-12-13-16-21-27-25(28)20-23-26-22-19-24-17-14-15-18-24/h41H,3-40H2,1-2H3,(H,44,47)(H,45,48);24,26H,2-23H2,1H3,(H,27,28). The highest BCUT2D eigenvalue weighted by molar-refractivity contribution is 5.77. The predicted molar refractivity (Wildman–Crippen MR) is 332 cm³/mol. The van der Waals surface area contributed by atoms with E-state index in [1.54, 1.807) is 0 Å². The molecule has 2 fully saturated rings. The molecule has 8 nitrogen and oxygen atoms in total. The zero-order chi connectivity index (χ0) is 54.7. The topological polar surface area (TPSA) is 103 Å². The van der Waals surface area contributed by atoms with Gasteiger partial charge in [0.2, 0.25) is 17.7 Å². The summed E-state index contributed by atoms with van der Waals surface area (Å²) in [5.74, 6) is 2.34. The Bertz CT molecular complexity index is 1160. The van der Waals surface area contributed by atoms with Crippen molar-refractivity contribution in [3.63, 3.8) is 0 Å². The van der Waals surface area contributed by atoms with Crippen LogP contribution in [0.25, 0.3) is 0 Å². The Kier molecular flexibility index (Phi) is 56.6. The molecule has 0 aromatic carbocycles. The lowest BCUT2D eigenvalue weighted by atomic mass is 10.0. The van der Waals surface area contributed by atoms with Gasteiger partial charge in [-0.05, 0) is 57.0 Å². The van der Waals surface area contributed by atoms with Crippen LogP contribution in [0.3, 0.4) is 0 Å². The van der Waals surface area contributed by atoms with E-state index in [-0.39, 0.29) is 17.7 Å². The van der Waals surface area contributed by atoms with Crippen LogP contribution < -0.4 is 21.3 Å². The molecule has 0 unspecified atom stereocenters. The summed E-state index contributed by atoms with van der Waals surface area (Å²) in [5, 5.41) is 12.8. The van der Waals surface area contributed by atoms with Gasteiger partial charge >= 0.3 is 0 Å². The summed E-state index contributed by atoms with van der Waals surface area (Å²) in [4.78, 5) is 39.4. The molecule has 8 heteroatoms. The number of hydrogen-bond donors (Lipinski definition) is 4. The van der Waals surface area contributed by atoms with Gasteiger partial charge in [-0.15, -0.1) is 0 Å². The first-order valence-corrected chi connectivity index (χ1v) is 34.7. The van der Waals surface area contributed by atoms with Crippen LogP contribution in [0.1, 0.15) is 355 Å². The van der Waals surface area contributed by atoms with Crippen molar-refractivity contribution in [2.75, 3.05) is 52.4 Å². The smallest absolute Gasteiger partial charge is 0.221 e. The number of nitrogens with zero attached hydrogens (tertiary/aromatic N) is 1. The minimum Gasteiger partial charge on any atom is -0.356 e. The van der Waals surface area contributed by atoms with Gasteiger partial charge in [0.25, 0.3) is 0 Å². The maximum absolute atomic E-state index is 12.6. The number of amides is 3. The van der Waals surface area contributed by atoms with Gasteiger partial charge in [-0.3, -0.25) is 14.4 Å². The molecule has 4 N–H and O–H groups in total. The van der Waals surface area contributed by atoms with Crippen LogP contribution in [-0.2, 0) is 14.4 Å². The molecule has 0 heterocycles. The average molecular weight is 1070 g/mol. The third-order valence-electron chi connectivity index (χ3n) is 17.2. The minimum atomic E-state index is 0.173. The monoisotopic (exact) mass is 1070 g/mol. The van der Waals surface area contributed by atoms with Crippen molar-refractivity contribution in [1.82, 2.24) is 26.2 Å². The molecule has 2 rings (SSSR count). The zero-order valence-corrected chi connectivity index (χ0v) is 51.8. The second-order valence-electron chi connectivity index (χ2n) is 24.5. The van der Waals surface area contributed by atoms with Crippen LogP contribution >= 0.6 is 0 Å². The molecule has 2 aliphatic rings. The molecule has 0 radical (unpaired) electrons. The largest absolute Gasteiger partial charge is 0.356 e. The maximum atomic E-state index is 12.6. The van der Waals surface area contributed by atoms with Crippen LogP contribution in [0.4, 0.5) is 0 Å². The summed E-state index contributed by atoms with van der Waals surface area (Å²) in [5.41, 5.74) is 0. The Hall–Kier alpha value is -1.67. The lowest BCUT2D eigenvalue weighted by molar-refractivity contribution is -0.122. The normalized spacial score (nSPS) is 13.9. The fraction of sp³-hybridized carbons (Fsp3) is 0.956. The van der Waals surface area contributed by atoms with Gasteiger partial charge in [0, 0.05) is 58.5 Å². The quantitative estimate of drug-likeness (QED) is 0.0455. The highest BCUT2D eigenvalue weighted by Crippen LogP contribution is 2.28. The van der Waals surface area contributed by atoms with Gasteiger partial charge in [0.15, 0.2) is 0 Å². The summed E-state index contributed by atoms with van der Waals surface area (Å²) >= 11 is 0. The van der Waals surface area contributed by atoms with Crippen molar-refractivity contribution >= 4 is 17.7 Å². The Labute approximate surface area is 475 Å². The molecule has 3 amide bonds. The summed E-state index contributed by atoms with van der Waals surface area (Å²) in [7, 11) is 0. The van der Waals surface area contributed by atoms with Gasteiger partial charge in [0.1, 0.15) is 0 Å². The summed E-state index contributed by atoms with van der Waals surface area (Å²) < 4.78 is 0. The molecule has 0 atom stereocenters. The van der Waals surface area contributed by atoms with Gasteiger partial charge < -0.3 is 26.2 Å². The van der Waals surface area contributed by atoms with Crippen molar-refractivity contribution in [1.29, 1.82) is 0 Å². The van der Waals surface area contributed by atoms with Crippen LogP contribution in [-0.4, -0.2) is 75.0 Å². The summed E-state index contributed by atoms with van der Waals surface area (Å²) in [6.45, 7) is 13.8. The van der Waals surface area contributed by atoms with Crippen LogP contribution in [0.2, 0.25) is 0 Å². The molecule has 2 saturated carbocycles. The Morgan fingerprint density at radius 1 is 0.303 bits per heavy atom. The second kappa shape index (κ2) is 59.5. The number of hydrogen-bond acceptors (Lipinski definition) is 5.